The minimum atomic E-state index is -1.11. The normalized spacial score (nSPS) is 12.9. The van der Waals surface area contributed by atoms with E-state index in [1.165, 1.54) is 7.11 Å². The number of carboxylic acid groups (broad SMARTS) is 1. The number of amides is 1. The van der Waals surface area contributed by atoms with Gasteiger partial charge in [0.1, 0.15) is 17.3 Å². The molecule has 0 bridgehead atoms. The molecule has 0 aromatic carbocycles. The smallest absolute Gasteiger partial charge is 0.405 e. The lowest BCUT2D eigenvalue weighted by molar-refractivity contribution is 0.173. The van der Waals surface area contributed by atoms with Crippen LogP contribution in [0.5, 0.6) is 5.75 Å². The van der Waals surface area contributed by atoms with Gasteiger partial charge in [0.25, 0.3) is 0 Å². The van der Waals surface area contributed by atoms with Crippen molar-refractivity contribution in [1.82, 2.24) is 10.3 Å². The molecule has 1 aromatic rings. The number of nitrogens with two attached hydrogens (primary N) is 1. The van der Waals surface area contributed by atoms with Gasteiger partial charge in [0, 0.05) is 0 Å². The molecule has 0 fully saturated rings. The molecule has 0 aliphatic rings. The SMILES string of the molecule is COc1ccc(N)nc1C(NC(=O)O)C(C)(C)C. The van der Waals surface area contributed by atoms with Crippen molar-refractivity contribution in [1.29, 1.82) is 0 Å². The second-order valence-electron chi connectivity index (χ2n) is 5.07. The van der Waals surface area contributed by atoms with Crippen LogP contribution in [-0.4, -0.2) is 23.3 Å². The summed E-state index contributed by atoms with van der Waals surface area (Å²) in [6.45, 7) is 5.74. The third kappa shape index (κ3) is 3.26. The molecule has 4 N–H and O–H groups in total. The number of anilines is 1. The van der Waals surface area contributed by atoms with Crippen molar-refractivity contribution < 1.29 is 14.6 Å². The first kappa shape index (κ1) is 14.1. The molecule has 1 heterocycles. The van der Waals surface area contributed by atoms with E-state index in [9.17, 15) is 4.79 Å². The van der Waals surface area contributed by atoms with Crippen LogP contribution in [0.3, 0.4) is 0 Å². The lowest BCUT2D eigenvalue weighted by Crippen LogP contribution is -2.36. The summed E-state index contributed by atoms with van der Waals surface area (Å²) in [7, 11) is 1.51. The van der Waals surface area contributed by atoms with E-state index in [0.29, 0.717) is 17.3 Å². The van der Waals surface area contributed by atoms with Crippen molar-refractivity contribution in [3.8, 4) is 5.75 Å². The fourth-order valence-corrected chi connectivity index (χ4v) is 1.68. The van der Waals surface area contributed by atoms with E-state index in [1.54, 1.807) is 12.1 Å². The van der Waals surface area contributed by atoms with E-state index in [4.69, 9.17) is 15.6 Å². The number of aromatic nitrogens is 1. The Kier molecular flexibility index (Phi) is 4.00. The maximum absolute atomic E-state index is 10.9. The molecule has 18 heavy (non-hydrogen) atoms. The van der Waals surface area contributed by atoms with Crippen molar-refractivity contribution in [2.75, 3.05) is 12.8 Å². The fourth-order valence-electron chi connectivity index (χ4n) is 1.68. The Bertz CT molecular complexity index is 441. The second-order valence-corrected chi connectivity index (χ2v) is 5.07. The molecule has 0 saturated heterocycles. The molecule has 6 heteroatoms. The Morgan fingerprint density at radius 1 is 1.50 bits per heavy atom. The number of methoxy groups -OCH3 is 1. The van der Waals surface area contributed by atoms with Crippen LogP contribution in [0.15, 0.2) is 12.1 Å². The second kappa shape index (κ2) is 5.12. The molecule has 0 aliphatic heterocycles. The summed E-state index contributed by atoms with van der Waals surface area (Å²) >= 11 is 0. The average Bonchev–Trinajstić information content (AvgIpc) is 2.24. The van der Waals surface area contributed by atoms with Crippen molar-refractivity contribution in [2.24, 2.45) is 5.41 Å². The van der Waals surface area contributed by atoms with Gasteiger partial charge in [-0.15, -0.1) is 0 Å². The van der Waals surface area contributed by atoms with Gasteiger partial charge in [-0.1, -0.05) is 20.8 Å². The Balaban J connectivity index is 3.27. The highest BCUT2D eigenvalue weighted by Gasteiger charge is 2.31. The van der Waals surface area contributed by atoms with E-state index >= 15 is 0 Å². The van der Waals surface area contributed by atoms with Crippen molar-refractivity contribution in [2.45, 2.75) is 26.8 Å². The Labute approximate surface area is 106 Å². The molecule has 0 aliphatic carbocycles. The van der Waals surface area contributed by atoms with Crippen LogP contribution < -0.4 is 15.8 Å². The van der Waals surface area contributed by atoms with Gasteiger partial charge in [-0.05, 0) is 17.5 Å². The van der Waals surface area contributed by atoms with Gasteiger partial charge in [0.05, 0.1) is 13.2 Å². The molecule has 0 spiro atoms. The number of carbonyl (C=O) groups is 1. The zero-order valence-corrected chi connectivity index (χ0v) is 11.0. The monoisotopic (exact) mass is 253 g/mol. The summed E-state index contributed by atoms with van der Waals surface area (Å²) in [4.78, 5) is 15.1. The third-order valence-electron chi connectivity index (χ3n) is 2.53. The minimum Gasteiger partial charge on any atom is -0.495 e. The van der Waals surface area contributed by atoms with E-state index in [1.807, 2.05) is 20.8 Å². The van der Waals surface area contributed by atoms with Crippen LogP contribution >= 0.6 is 0 Å². The van der Waals surface area contributed by atoms with Crippen molar-refractivity contribution in [3.05, 3.63) is 17.8 Å². The molecule has 1 amide bonds. The first-order valence-electron chi connectivity index (χ1n) is 5.55. The Hall–Kier alpha value is -1.98. The van der Waals surface area contributed by atoms with Crippen LogP contribution in [0.25, 0.3) is 0 Å². The first-order valence-corrected chi connectivity index (χ1v) is 5.55. The number of nitrogens with zero attached hydrogens (tertiary/aromatic N) is 1. The molecular formula is C12H19N3O3. The van der Waals surface area contributed by atoms with Crippen LogP contribution in [0, 0.1) is 5.41 Å². The zero-order valence-electron chi connectivity index (χ0n) is 11.0. The average molecular weight is 253 g/mol. The predicted octanol–water partition coefficient (Wildman–Crippen LogP) is 2.03. The number of pyridine rings is 1. The van der Waals surface area contributed by atoms with Crippen molar-refractivity contribution >= 4 is 11.9 Å². The molecule has 1 unspecified atom stereocenters. The molecule has 0 saturated carbocycles. The van der Waals surface area contributed by atoms with Gasteiger partial charge in [-0.25, -0.2) is 9.78 Å². The van der Waals surface area contributed by atoms with Crippen molar-refractivity contribution in [3.63, 3.8) is 0 Å². The third-order valence-corrected chi connectivity index (χ3v) is 2.53. The topological polar surface area (TPSA) is 97.5 Å². The molecule has 100 valence electrons. The molecule has 1 rings (SSSR count). The number of nitrogens with one attached hydrogen (secondary N) is 1. The van der Waals surface area contributed by atoms with Gasteiger partial charge in [0.15, 0.2) is 0 Å². The van der Waals surface area contributed by atoms with E-state index in [0.717, 1.165) is 0 Å². The summed E-state index contributed by atoms with van der Waals surface area (Å²) < 4.78 is 5.21. The summed E-state index contributed by atoms with van der Waals surface area (Å²) in [6, 6.07) is 2.79. The van der Waals surface area contributed by atoms with Crippen LogP contribution in [0.2, 0.25) is 0 Å². The fraction of sp³-hybridized carbons (Fsp3) is 0.500. The van der Waals surface area contributed by atoms with Gasteiger partial charge in [0.2, 0.25) is 0 Å². The maximum atomic E-state index is 10.9. The van der Waals surface area contributed by atoms with E-state index in [-0.39, 0.29) is 5.41 Å². The number of hydrogen-bond acceptors (Lipinski definition) is 4. The number of rotatable bonds is 3. The molecule has 1 atom stereocenters. The van der Waals surface area contributed by atoms with E-state index in [2.05, 4.69) is 10.3 Å². The highest BCUT2D eigenvalue weighted by Crippen LogP contribution is 2.36. The van der Waals surface area contributed by atoms with E-state index < -0.39 is 12.1 Å². The quantitative estimate of drug-likeness (QED) is 0.765. The molecular weight excluding hydrogens is 234 g/mol. The minimum absolute atomic E-state index is 0.326. The predicted molar refractivity (Wildman–Crippen MR) is 68.6 cm³/mol. The maximum Gasteiger partial charge on any atom is 0.405 e. The highest BCUT2D eigenvalue weighted by atomic mass is 16.5. The van der Waals surface area contributed by atoms with Crippen LogP contribution in [0.1, 0.15) is 32.5 Å². The van der Waals surface area contributed by atoms with Gasteiger partial charge in [-0.3, -0.25) is 0 Å². The zero-order chi connectivity index (χ0) is 13.9. The van der Waals surface area contributed by atoms with Gasteiger partial charge in [-0.2, -0.15) is 0 Å². The first-order chi connectivity index (χ1) is 8.25. The molecule has 1 aromatic heterocycles. The Morgan fingerprint density at radius 2 is 2.11 bits per heavy atom. The summed E-state index contributed by atoms with van der Waals surface area (Å²) in [5.41, 5.74) is 5.79. The number of nitrogen functional groups attached to an aromatic ring is 1. The summed E-state index contributed by atoms with van der Waals surface area (Å²) in [6.07, 6.45) is -1.11. The molecule has 6 nitrogen and oxygen atoms in total. The largest absolute Gasteiger partial charge is 0.495 e. The number of hydrogen-bond donors (Lipinski definition) is 3. The highest BCUT2D eigenvalue weighted by molar-refractivity contribution is 5.65. The van der Waals surface area contributed by atoms with Crippen LogP contribution in [0.4, 0.5) is 10.6 Å². The molecule has 0 radical (unpaired) electrons. The summed E-state index contributed by atoms with van der Waals surface area (Å²) in [5, 5.41) is 11.4. The van der Waals surface area contributed by atoms with Gasteiger partial charge < -0.3 is 20.9 Å². The van der Waals surface area contributed by atoms with Crippen LogP contribution in [-0.2, 0) is 0 Å². The number of ether oxygens (including phenoxy) is 1. The summed E-state index contributed by atoms with van der Waals surface area (Å²) in [5.74, 6) is 0.838. The lowest BCUT2D eigenvalue weighted by Gasteiger charge is -2.30. The Morgan fingerprint density at radius 3 is 2.56 bits per heavy atom. The standard InChI is InChI=1S/C12H19N3O3/c1-12(2,3)10(15-11(16)17)9-7(18-4)5-6-8(13)14-9/h5-6,10,15H,1-4H3,(H2,13,14)(H,16,17). The lowest BCUT2D eigenvalue weighted by atomic mass is 9.84. The van der Waals surface area contributed by atoms with Gasteiger partial charge >= 0.3 is 6.09 Å².